The monoisotopic (exact) mass is 304 g/mol. The maximum absolute atomic E-state index is 11.8. The Morgan fingerprint density at radius 3 is 2.75 bits per heavy atom. The van der Waals surface area contributed by atoms with Crippen molar-refractivity contribution in [2.75, 3.05) is 11.9 Å². The van der Waals surface area contributed by atoms with Crippen molar-refractivity contribution < 1.29 is 4.79 Å². The van der Waals surface area contributed by atoms with Gasteiger partial charge in [0, 0.05) is 11.9 Å². The summed E-state index contributed by atoms with van der Waals surface area (Å²) in [4.78, 5) is 16.8. The summed E-state index contributed by atoms with van der Waals surface area (Å²) in [5.74, 6) is 0.502. The first kappa shape index (κ1) is 13.6. The highest BCUT2D eigenvalue weighted by Gasteiger charge is 2.13. The van der Waals surface area contributed by atoms with Gasteiger partial charge in [-0.05, 0) is 26.2 Å². The summed E-state index contributed by atoms with van der Waals surface area (Å²) < 4.78 is 0. The fraction of sp³-hybridized carbons (Fsp3) is 0.636. The number of nitrogens with one attached hydrogen (secondary N) is 1. The summed E-state index contributed by atoms with van der Waals surface area (Å²) in [7, 11) is 0. The van der Waals surface area contributed by atoms with Gasteiger partial charge in [0.2, 0.25) is 0 Å². The van der Waals surface area contributed by atoms with Crippen LogP contribution in [0.1, 0.15) is 33.7 Å². The number of thiazole rings is 1. The number of hydrogen-bond acceptors (Lipinski definition) is 3. The summed E-state index contributed by atoms with van der Waals surface area (Å²) in [5.41, 5.74) is 0.827. The number of rotatable bonds is 5. The molecule has 0 aliphatic heterocycles. The fourth-order valence-electron chi connectivity index (χ4n) is 1.38. The van der Waals surface area contributed by atoms with Crippen LogP contribution in [0.3, 0.4) is 0 Å². The van der Waals surface area contributed by atoms with Crippen molar-refractivity contribution in [1.29, 1.82) is 0 Å². The van der Waals surface area contributed by atoms with Gasteiger partial charge in [-0.25, -0.2) is 4.98 Å². The Labute approximate surface area is 109 Å². The third-order valence-corrected chi connectivity index (χ3v) is 3.85. The first-order valence-electron chi connectivity index (χ1n) is 5.32. The van der Waals surface area contributed by atoms with Crippen molar-refractivity contribution in [3.63, 3.8) is 0 Å². The Kier molecular flexibility index (Phi) is 5.41. The van der Waals surface area contributed by atoms with Gasteiger partial charge in [0.1, 0.15) is 4.88 Å². The second-order valence-corrected chi connectivity index (χ2v) is 5.94. The van der Waals surface area contributed by atoms with Gasteiger partial charge in [-0.3, -0.25) is 4.79 Å². The van der Waals surface area contributed by atoms with E-state index >= 15 is 0 Å². The van der Waals surface area contributed by atoms with Crippen LogP contribution in [0.2, 0.25) is 0 Å². The van der Waals surface area contributed by atoms with Crippen LogP contribution >= 0.6 is 27.3 Å². The summed E-state index contributed by atoms with van der Waals surface area (Å²) in [6.07, 6.45) is 1.07. The van der Waals surface area contributed by atoms with E-state index in [0.717, 1.165) is 33.9 Å². The highest BCUT2D eigenvalue weighted by molar-refractivity contribution is 9.09. The molecule has 0 saturated heterocycles. The lowest BCUT2D eigenvalue weighted by Gasteiger charge is -2.10. The first-order valence-corrected chi connectivity index (χ1v) is 7.26. The largest absolute Gasteiger partial charge is 0.351 e. The van der Waals surface area contributed by atoms with E-state index in [4.69, 9.17) is 0 Å². The van der Waals surface area contributed by atoms with Gasteiger partial charge in [-0.1, -0.05) is 22.9 Å². The third-order valence-electron chi connectivity index (χ3n) is 2.32. The zero-order valence-electron chi connectivity index (χ0n) is 9.84. The Morgan fingerprint density at radius 1 is 1.56 bits per heavy atom. The predicted octanol–water partition coefficient (Wildman–Crippen LogP) is 2.91. The molecule has 3 nitrogen and oxygen atoms in total. The van der Waals surface area contributed by atoms with Crippen LogP contribution in [0.15, 0.2) is 0 Å². The summed E-state index contributed by atoms with van der Waals surface area (Å²) in [6.45, 7) is 6.65. The summed E-state index contributed by atoms with van der Waals surface area (Å²) in [5, 5.41) is 4.86. The van der Waals surface area contributed by atoms with Crippen LogP contribution in [-0.2, 0) is 0 Å². The quantitative estimate of drug-likeness (QED) is 0.850. The van der Waals surface area contributed by atoms with Crippen LogP contribution in [0.4, 0.5) is 0 Å². The molecule has 16 heavy (non-hydrogen) atoms. The lowest BCUT2D eigenvalue weighted by atomic mass is 10.1. The predicted molar refractivity (Wildman–Crippen MR) is 71.5 cm³/mol. The average Bonchev–Trinajstić information content (AvgIpc) is 2.55. The van der Waals surface area contributed by atoms with Crippen molar-refractivity contribution in [2.24, 2.45) is 5.92 Å². The van der Waals surface area contributed by atoms with Crippen molar-refractivity contribution in [3.8, 4) is 0 Å². The molecular weight excluding hydrogens is 288 g/mol. The lowest BCUT2D eigenvalue weighted by Crippen LogP contribution is -2.28. The highest BCUT2D eigenvalue weighted by atomic mass is 79.9. The number of carbonyl (C=O) groups is 1. The molecule has 0 radical (unpaired) electrons. The number of alkyl halides is 1. The molecule has 5 heteroatoms. The van der Waals surface area contributed by atoms with Crippen LogP contribution in [0, 0.1) is 19.8 Å². The summed E-state index contributed by atoms with van der Waals surface area (Å²) >= 11 is 4.85. The molecule has 1 atom stereocenters. The lowest BCUT2D eigenvalue weighted by molar-refractivity contribution is 0.0951. The van der Waals surface area contributed by atoms with Gasteiger partial charge in [0.25, 0.3) is 5.91 Å². The number of nitrogens with zero attached hydrogens (tertiary/aromatic N) is 1. The maximum atomic E-state index is 11.8. The molecule has 0 saturated carbocycles. The van der Waals surface area contributed by atoms with E-state index in [1.807, 2.05) is 13.8 Å². The molecule has 0 spiro atoms. The van der Waals surface area contributed by atoms with Crippen LogP contribution in [0.25, 0.3) is 0 Å². The molecule has 90 valence electrons. The Hall–Kier alpha value is -0.420. The van der Waals surface area contributed by atoms with E-state index in [9.17, 15) is 4.79 Å². The van der Waals surface area contributed by atoms with Crippen molar-refractivity contribution >= 4 is 33.2 Å². The highest BCUT2D eigenvalue weighted by Crippen LogP contribution is 2.16. The van der Waals surface area contributed by atoms with E-state index in [2.05, 4.69) is 33.2 Å². The fourth-order valence-corrected chi connectivity index (χ4v) is 3.00. The van der Waals surface area contributed by atoms with Crippen molar-refractivity contribution in [3.05, 3.63) is 15.6 Å². The molecule has 0 fully saturated rings. The van der Waals surface area contributed by atoms with Crippen LogP contribution in [0.5, 0.6) is 0 Å². The molecule has 1 N–H and O–H groups in total. The minimum atomic E-state index is 0.00419. The van der Waals surface area contributed by atoms with Gasteiger partial charge in [-0.2, -0.15) is 0 Å². The molecule has 0 aliphatic carbocycles. The van der Waals surface area contributed by atoms with E-state index in [1.54, 1.807) is 0 Å². The van der Waals surface area contributed by atoms with E-state index in [-0.39, 0.29) is 5.91 Å². The number of halogens is 1. The zero-order chi connectivity index (χ0) is 12.1. The third kappa shape index (κ3) is 3.87. The summed E-state index contributed by atoms with van der Waals surface area (Å²) in [6, 6.07) is 0. The topological polar surface area (TPSA) is 42.0 Å². The molecule has 1 amide bonds. The van der Waals surface area contributed by atoms with E-state index in [1.165, 1.54) is 11.3 Å². The maximum Gasteiger partial charge on any atom is 0.263 e. The zero-order valence-corrected chi connectivity index (χ0v) is 12.2. The molecular formula is C11H17BrN2OS. The molecule has 1 unspecified atom stereocenters. The molecule has 0 aromatic carbocycles. The SMILES string of the molecule is Cc1nc(C)c(C(=O)NCC(C)CCBr)s1. The number of hydrogen-bond donors (Lipinski definition) is 1. The molecule has 1 rings (SSSR count). The number of carbonyl (C=O) groups excluding carboxylic acids is 1. The number of aromatic nitrogens is 1. The minimum absolute atomic E-state index is 0.00419. The number of amides is 1. The van der Waals surface area contributed by atoms with Crippen LogP contribution in [-0.4, -0.2) is 22.8 Å². The van der Waals surface area contributed by atoms with Gasteiger partial charge >= 0.3 is 0 Å². The van der Waals surface area contributed by atoms with E-state index in [0.29, 0.717) is 5.92 Å². The van der Waals surface area contributed by atoms with Crippen LogP contribution < -0.4 is 5.32 Å². The minimum Gasteiger partial charge on any atom is -0.351 e. The average molecular weight is 305 g/mol. The molecule has 1 aromatic heterocycles. The standard InChI is InChI=1S/C11H17BrN2OS/c1-7(4-5-12)6-13-11(15)10-8(2)14-9(3)16-10/h7H,4-6H2,1-3H3,(H,13,15). The normalized spacial score (nSPS) is 12.5. The second-order valence-electron chi connectivity index (χ2n) is 3.94. The van der Waals surface area contributed by atoms with E-state index < -0.39 is 0 Å². The van der Waals surface area contributed by atoms with Crippen molar-refractivity contribution in [2.45, 2.75) is 27.2 Å². The van der Waals surface area contributed by atoms with Gasteiger partial charge in [0.15, 0.2) is 0 Å². The molecule has 0 aliphatic rings. The first-order chi connectivity index (χ1) is 7.54. The number of aryl methyl sites for hydroxylation is 2. The Balaban J connectivity index is 2.50. The molecule has 0 bridgehead atoms. The molecule has 1 heterocycles. The Morgan fingerprint density at radius 2 is 2.25 bits per heavy atom. The van der Waals surface area contributed by atoms with Gasteiger partial charge in [0.05, 0.1) is 10.7 Å². The second kappa shape index (κ2) is 6.35. The Bertz CT molecular complexity index is 365. The smallest absolute Gasteiger partial charge is 0.263 e. The van der Waals surface area contributed by atoms with Gasteiger partial charge < -0.3 is 5.32 Å². The van der Waals surface area contributed by atoms with Gasteiger partial charge in [-0.15, -0.1) is 11.3 Å². The van der Waals surface area contributed by atoms with Crippen molar-refractivity contribution in [1.82, 2.24) is 10.3 Å². The molecule has 1 aromatic rings.